The smallest absolute Gasteiger partial charge is 0.306 e. The van der Waals surface area contributed by atoms with Gasteiger partial charge < -0.3 is 4.18 Å². The van der Waals surface area contributed by atoms with Crippen LogP contribution in [0.25, 0.3) is 0 Å². The van der Waals surface area contributed by atoms with Crippen molar-refractivity contribution in [2.45, 2.75) is 0 Å². The number of carbonyl (C=O) groups excluding carboxylic acids is 2. The Morgan fingerprint density at radius 1 is 1.06 bits per heavy atom. The standard InChI is InChI=1S/C11H8O5S/c1-17(14,15)16-10-4-2-3-7-8(12)5-6-9(13)11(7)10/h2-6H,1H3. The molecule has 6 heteroatoms. The van der Waals surface area contributed by atoms with Gasteiger partial charge in [0, 0.05) is 5.56 Å². The number of carbonyl (C=O) groups is 2. The van der Waals surface area contributed by atoms with E-state index in [9.17, 15) is 18.0 Å². The summed E-state index contributed by atoms with van der Waals surface area (Å²) in [6.45, 7) is 0. The lowest BCUT2D eigenvalue weighted by molar-refractivity contribution is 0.0992. The van der Waals surface area contributed by atoms with Crippen LogP contribution in [0.15, 0.2) is 30.4 Å². The maximum atomic E-state index is 11.6. The third-order valence-electron chi connectivity index (χ3n) is 2.17. The fraction of sp³-hybridized carbons (Fsp3) is 0.0909. The zero-order valence-corrected chi connectivity index (χ0v) is 9.65. The van der Waals surface area contributed by atoms with Crippen LogP contribution in [-0.4, -0.2) is 26.2 Å². The van der Waals surface area contributed by atoms with Crippen LogP contribution in [0.1, 0.15) is 20.7 Å². The van der Waals surface area contributed by atoms with Crippen LogP contribution in [0.2, 0.25) is 0 Å². The van der Waals surface area contributed by atoms with E-state index in [1.807, 2.05) is 0 Å². The van der Waals surface area contributed by atoms with Gasteiger partial charge in [-0.05, 0) is 18.2 Å². The first-order valence-electron chi connectivity index (χ1n) is 4.68. The molecule has 0 atom stereocenters. The number of ketones is 2. The van der Waals surface area contributed by atoms with E-state index >= 15 is 0 Å². The highest BCUT2D eigenvalue weighted by atomic mass is 32.2. The highest BCUT2D eigenvalue weighted by Gasteiger charge is 2.24. The molecule has 0 unspecified atom stereocenters. The molecule has 0 saturated heterocycles. The number of fused-ring (bicyclic) bond motifs is 1. The van der Waals surface area contributed by atoms with Crippen molar-refractivity contribution >= 4 is 21.7 Å². The van der Waals surface area contributed by atoms with E-state index in [1.165, 1.54) is 18.2 Å². The number of rotatable bonds is 2. The van der Waals surface area contributed by atoms with Crippen LogP contribution >= 0.6 is 0 Å². The minimum absolute atomic E-state index is 0.00887. The second-order valence-electron chi connectivity index (χ2n) is 3.53. The van der Waals surface area contributed by atoms with Gasteiger partial charge in [0.05, 0.1) is 11.8 Å². The SMILES string of the molecule is CS(=O)(=O)Oc1cccc2c1C(=O)C=CC2=O. The van der Waals surface area contributed by atoms with Crippen LogP contribution in [0, 0.1) is 0 Å². The van der Waals surface area contributed by atoms with E-state index in [0.29, 0.717) is 0 Å². The molecule has 0 heterocycles. The van der Waals surface area contributed by atoms with Crippen LogP contribution in [-0.2, 0) is 10.1 Å². The molecule has 0 aliphatic heterocycles. The van der Waals surface area contributed by atoms with Crippen LogP contribution < -0.4 is 4.18 Å². The quantitative estimate of drug-likeness (QED) is 0.732. The Bertz CT molecular complexity index is 640. The van der Waals surface area contributed by atoms with Crippen molar-refractivity contribution in [3.63, 3.8) is 0 Å². The Hall–Kier alpha value is -1.95. The molecule has 1 aliphatic rings. The van der Waals surface area contributed by atoms with Crippen molar-refractivity contribution < 1.29 is 22.2 Å². The summed E-state index contributed by atoms with van der Waals surface area (Å²) < 4.78 is 26.8. The van der Waals surface area contributed by atoms with E-state index in [4.69, 9.17) is 0 Å². The molecule has 0 spiro atoms. The summed E-state index contributed by atoms with van der Waals surface area (Å²) in [7, 11) is -3.74. The van der Waals surface area contributed by atoms with Crippen LogP contribution in [0.3, 0.4) is 0 Å². The van der Waals surface area contributed by atoms with Gasteiger partial charge in [0.2, 0.25) is 0 Å². The van der Waals surface area contributed by atoms with Crippen molar-refractivity contribution in [1.29, 1.82) is 0 Å². The first-order chi connectivity index (χ1) is 7.88. The van der Waals surface area contributed by atoms with Gasteiger partial charge in [0.25, 0.3) is 0 Å². The minimum Gasteiger partial charge on any atom is -0.382 e. The largest absolute Gasteiger partial charge is 0.382 e. The molecule has 1 aliphatic carbocycles. The molecule has 0 radical (unpaired) electrons. The molecule has 0 fully saturated rings. The summed E-state index contributed by atoms with van der Waals surface area (Å²) in [6.07, 6.45) is 3.12. The minimum atomic E-state index is -3.74. The topological polar surface area (TPSA) is 77.5 Å². The Balaban J connectivity index is 2.62. The van der Waals surface area contributed by atoms with E-state index < -0.39 is 15.9 Å². The molecule has 0 N–H and O–H groups in total. The van der Waals surface area contributed by atoms with Gasteiger partial charge >= 0.3 is 10.1 Å². The molecule has 2 rings (SSSR count). The summed E-state index contributed by atoms with van der Waals surface area (Å²) >= 11 is 0. The molecule has 1 aromatic carbocycles. The molecular weight excluding hydrogens is 244 g/mol. The lowest BCUT2D eigenvalue weighted by atomic mass is 9.94. The lowest BCUT2D eigenvalue weighted by Gasteiger charge is -2.13. The zero-order chi connectivity index (χ0) is 12.6. The number of benzene rings is 1. The van der Waals surface area contributed by atoms with Gasteiger partial charge in [0.1, 0.15) is 0 Å². The molecule has 0 amide bonds. The zero-order valence-electron chi connectivity index (χ0n) is 8.84. The fourth-order valence-corrected chi connectivity index (χ4v) is 2.01. The van der Waals surface area contributed by atoms with Gasteiger partial charge in [-0.25, -0.2) is 0 Å². The van der Waals surface area contributed by atoms with Crippen molar-refractivity contribution in [1.82, 2.24) is 0 Å². The van der Waals surface area contributed by atoms with Gasteiger partial charge in [-0.15, -0.1) is 0 Å². The molecule has 88 valence electrons. The Morgan fingerprint density at radius 2 is 1.71 bits per heavy atom. The number of hydrogen-bond acceptors (Lipinski definition) is 5. The molecule has 0 aromatic heterocycles. The van der Waals surface area contributed by atoms with Crippen molar-refractivity contribution in [2.24, 2.45) is 0 Å². The van der Waals surface area contributed by atoms with Crippen molar-refractivity contribution in [3.05, 3.63) is 41.5 Å². The van der Waals surface area contributed by atoms with Gasteiger partial charge in [-0.1, -0.05) is 12.1 Å². The first kappa shape index (κ1) is 11.5. The van der Waals surface area contributed by atoms with Crippen molar-refractivity contribution in [3.8, 4) is 5.75 Å². The molecule has 17 heavy (non-hydrogen) atoms. The Morgan fingerprint density at radius 3 is 2.35 bits per heavy atom. The molecular formula is C11H8O5S. The number of allylic oxidation sites excluding steroid dienone is 2. The maximum Gasteiger partial charge on any atom is 0.306 e. The summed E-state index contributed by atoms with van der Waals surface area (Å²) in [5, 5.41) is 0. The third-order valence-corrected chi connectivity index (χ3v) is 2.65. The molecule has 5 nitrogen and oxygen atoms in total. The normalized spacial score (nSPS) is 14.6. The monoisotopic (exact) mass is 252 g/mol. The average molecular weight is 252 g/mol. The maximum absolute atomic E-state index is 11.6. The highest BCUT2D eigenvalue weighted by molar-refractivity contribution is 7.86. The Kier molecular flexibility index (Phi) is 2.59. The Labute approximate surface area is 97.8 Å². The second-order valence-corrected chi connectivity index (χ2v) is 5.10. The number of hydrogen-bond donors (Lipinski definition) is 0. The second kappa shape index (κ2) is 3.81. The average Bonchev–Trinajstić information content (AvgIpc) is 2.21. The molecule has 0 bridgehead atoms. The molecule has 0 saturated carbocycles. The van der Waals surface area contributed by atoms with E-state index in [-0.39, 0.29) is 22.7 Å². The third kappa shape index (κ3) is 2.26. The van der Waals surface area contributed by atoms with E-state index in [0.717, 1.165) is 18.4 Å². The van der Waals surface area contributed by atoms with Gasteiger partial charge in [-0.2, -0.15) is 8.42 Å². The van der Waals surface area contributed by atoms with Gasteiger partial charge in [0.15, 0.2) is 17.3 Å². The van der Waals surface area contributed by atoms with Gasteiger partial charge in [-0.3, -0.25) is 9.59 Å². The first-order valence-corrected chi connectivity index (χ1v) is 6.49. The lowest BCUT2D eigenvalue weighted by Crippen LogP contribution is -2.15. The van der Waals surface area contributed by atoms with Crippen LogP contribution in [0.5, 0.6) is 5.75 Å². The highest BCUT2D eigenvalue weighted by Crippen LogP contribution is 2.27. The van der Waals surface area contributed by atoms with E-state index in [1.54, 1.807) is 0 Å². The summed E-state index contributed by atoms with van der Waals surface area (Å²) in [5.41, 5.74) is 0.143. The fourth-order valence-electron chi connectivity index (χ4n) is 1.55. The van der Waals surface area contributed by atoms with Crippen LogP contribution in [0.4, 0.5) is 0 Å². The predicted octanol–water partition coefficient (Wildman–Crippen LogP) is 0.960. The van der Waals surface area contributed by atoms with Crippen molar-refractivity contribution in [2.75, 3.05) is 6.26 Å². The predicted molar refractivity (Wildman–Crippen MR) is 59.7 cm³/mol. The van der Waals surface area contributed by atoms with E-state index in [2.05, 4.69) is 4.18 Å². The summed E-state index contributed by atoms with van der Waals surface area (Å²) in [5.74, 6) is -0.912. The molecule has 1 aromatic rings. The summed E-state index contributed by atoms with van der Waals surface area (Å²) in [6, 6.07) is 4.25. The summed E-state index contributed by atoms with van der Waals surface area (Å²) in [4.78, 5) is 23.1.